The molecule has 1 amide bonds. The van der Waals surface area contributed by atoms with Gasteiger partial charge >= 0.3 is 0 Å². The number of benzene rings is 1. The van der Waals surface area contributed by atoms with Gasteiger partial charge in [0.2, 0.25) is 5.91 Å². The molecule has 1 aliphatic heterocycles. The zero-order valence-electron chi connectivity index (χ0n) is 15.7. The average molecular weight is 425 g/mol. The van der Waals surface area contributed by atoms with E-state index in [1.54, 1.807) is 17.0 Å². The standard InChI is InChI=1S/C20H24N4O2.2ClH/c21-11-15-4-7-19(8-5-15)26-14-16-3-6-17(10-16)23-13-20(25)24-9-1-2-18(24)12-22;;/h4-5,7-8,16-18,23H,1-3,6,9-10,13-14H2;2*1H/t16-,17+,18-;;/m0../s1. The maximum atomic E-state index is 12.3. The highest BCUT2D eigenvalue weighted by molar-refractivity contribution is 5.85. The van der Waals surface area contributed by atoms with E-state index in [-0.39, 0.29) is 36.8 Å². The monoisotopic (exact) mass is 424 g/mol. The van der Waals surface area contributed by atoms with Crippen molar-refractivity contribution in [3.63, 3.8) is 0 Å². The van der Waals surface area contributed by atoms with Crippen LogP contribution in [0.2, 0.25) is 0 Å². The number of hydrogen-bond acceptors (Lipinski definition) is 5. The lowest BCUT2D eigenvalue weighted by atomic mass is 10.1. The lowest BCUT2D eigenvalue weighted by molar-refractivity contribution is -0.130. The van der Waals surface area contributed by atoms with Crippen molar-refractivity contribution in [2.45, 2.75) is 44.2 Å². The van der Waals surface area contributed by atoms with E-state index in [9.17, 15) is 4.79 Å². The summed E-state index contributed by atoms with van der Waals surface area (Å²) in [6.07, 6.45) is 4.82. The summed E-state index contributed by atoms with van der Waals surface area (Å²) in [5.74, 6) is 1.29. The maximum Gasteiger partial charge on any atom is 0.237 e. The Bertz CT molecular complexity index is 714. The van der Waals surface area contributed by atoms with Crippen LogP contribution in [0.4, 0.5) is 0 Å². The van der Waals surface area contributed by atoms with Crippen LogP contribution in [0, 0.1) is 28.6 Å². The molecule has 8 heteroatoms. The molecule has 0 spiro atoms. The number of halogens is 2. The molecular weight excluding hydrogens is 399 g/mol. The van der Waals surface area contributed by atoms with Gasteiger partial charge in [-0.05, 0) is 62.3 Å². The first-order chi connectivity index (χ1) is 12.7. The molecule has 0 radical (unpaired) electrons. The molecule has 1 saturated carbocycles. The highest BCUT2D eigenvalue weighted by Crippen LogP contribution is 2.26. The molecule has 0 unspecified atom stereocenters. The third-order valence-corrected chi connectivity index (χ3v) is 5.27. The third-order valence-electron chi connectivity index (χ3n) is 5.27. The number of amides is 1. The average Bonchev–Trinajstić information content (AvgIpc) is 3.34. The number of nitrogens with one attached hydrogen (secondary N) is 1. The van der Waals surface area contributed by atoms with Crippen molar-refractivity contribution in [1.82, 2.24) is 10.2 Å². The fourth-order valence-corrected chi connectivity index (χ4v) is 3.78. The first-order valence-electron chi connectivity index (χ1n) is 9.25. The molecule has 1 heterocycles. The largest absolute Gasteiger partial charge is 0.493 e. The van der Waals surface area contributed by atoms with Crippen LogP contribution in [-0.2, 0) is 4.79 Å². The predicted octanol–water partition coefficient (Wildman–Crippen LogP) is 3.05. The van der Waals surface area contributed by atoms with Crippen LogP contribution in [0.1, 0.15) is 37.7 Å². The minimum absolute atomic E-state index is 0. The zero-order chi connectivity index (χ0) is 18.4. The molecule has 6 nitrogen and oxygen atoms in total. The van der Waals surface area contributed by atoms with E-state index < -0.39 is 0 Å². The summed E-state index contributed by atoms with van der Waals surface area (Å²) < 4.78 is 5.82. The highest BCUT2D eigenvalue weighted by Gasteiger charge is 2.30. The maximum absolute atomic E-state index is 12.3. The van der Waals surface area contributed by atoms with E-state index in [2.05, 4.69) is 17.5 Å². The summed E-state index contributed by atoms with van der Waals surface area (Å²) >= 11 is 0. The number of hydrogen-bond donors (Lipinski definition) is 1. The number of likely N-dealkylation sites (tertiary alicyclic amines) is 1. The Morgan fingerprint density at radius 1 is 1.18 bits per heavy atom. The Hall–Kier alpha value is -1.99. The van der Waals surface area contributed by atoms with Crippen LogP contribution in [0.5, 0.6) is 5.75 Å². The van der Waals surface area contributed by atoms with Gasteiger partial charge in [-0.15, -0.1) is 24.8 Å². The van der Waals surface area contributed by atoms with Gasteiger partial charge in [0.05, 0.1) is 30.9 Å². The first kappa shape index (κ1) is 24.0. The van der Waals surface area contributed by atoms with Crippen molar-refractivity contribution in [3.05, 3.63) is 29.8 Å². The van der Waals surface area contributed by atoms with E-state index in [1.165, 1.54) is 0 Å². The number of ether oxygens (including phenoxy) is 1. The molecule has 1 saturated heterocycles. The first-order valence-corrected chi connectivity index (χ1v) is 9.25. The smallest absolute Gasteiger partial charge is 0.237 e. The van der Waals surface area contributed by atoms with Gasteiger partial charge in [-0.3, -0.25) is 4.79 Å². The number of nitrogens with zero attached hydrogens (tertiary/aromatic N) is 3. The van der Waals surface area contributed by atoms with Gasteiger partial charge in [0, 0.05) is 12.6 Å². The van der Waals surface area contributed by atoms with Crippen LogP contribution in [0.3, 0.4) is 0 Å². The van der Waals surface area contributed by atoms with E-state index >= 15 is 0 Å². The minimum Gasteiger partial charge on any atom is -0.493 e. The summed E-state index contributed by atoms with van der Waals surface area (Å²) in [5, 5.41) is 21.2. The molecule has 3 atom stereocenters. The molecule has 0 bridgehead atoms. The van der Waals surface area contributed by atoms with Crippen molar-refractivity contribution < 1.29 is 9.53 Å². The molecule has 152 valence electrons. The fraction of sp³-hybridized carbons (Fsp3) is 0.550. The fourth-order valence-electron chi connectivity index (χ4n) is 3.78. The number of rotatable bonds is 6. The van der Waals surface area contributed by atoms with Gasteiger partial charge in [-0.2, -0.15) is 10.5 Å². The minimum atomic E-state index is -0.249. The van der Waals surface area contributed by atoms with Crippen LogP contribution in [-0.4, -0.2) is 42.6 Å². The number of carbonyl (C=O) groups excluding carboxylic acids is 1. The van der Waals surface area contributed by atoms with E-state index in [4.69, 9.17) is 15.3 Å². The number of carbonyl (C=O) groups is 1. The Morgan fingerprint density at radius 2 is 1.93 bits per heavy atom. The molecular formula is C20H26Cl2N4O2. The third kappa shape index (κ3) is 6.27. The zero-order valence-corrected chi connectivity index (χ0v) is 17.3. The highest BCUT2D eigenvalue weighted by atomic mass is 35.5. The predicted molar refractivity (Wildman–Crippen MR) is 111 cm³/mol. The van der Waals surface area contributed by atoms with Crippen LogP contribution in [0.25, 0.3) is 0 Å². The summed E-state index contributed by atoms with van der Waals surface area (Å²) in [4.78, 5) is 14.0. The Labute approximate surface area is 178 Å². The lowest BCUT2D eigenvalue weighted by Crippen LogP contribution is -2.42. The molecule has 1 aromatic carbocycles. The van der Waals surface area contributed by atoms with Crippen molar-refractivity contribution >= 4 is 30.7 Å². The Balaban J connectivity index is 0.00000196. The Kier molecular flexibility index (Phi) is 10.1. The molecule has 1 aliphatic carbocycles. The SMILES string of the molecule is Cl.Cl.N#Cc1ccc(OC[C@H]2CC[C@@H](NCC(=O)N3CCC[C@H]3C#N)C2)cc1. The second kappa shape index (κ2) is 11.8. The Morgan fingerprint density at radius 3 is 2.61 bits per heavy atom. The van der Waals surface area contributed by atoms with Gasteiger partial charge < -0.3 is 15.0 Å². The van der Waals surface area contributed by atoms with Gasteiger partial charge in [0.25, 0.3) is 0 Å². The normalized spacial score (nSPS) is 23.1. The summed E-state index contributed by atoms with van der Waals surface area (Å²) in [5.41, 5.74) is 0.629. The second-order valence-corrected chi connectivity index (χ2v) is 7.08. The van der Waals surface area contributed by atoms with Crippen molar-refractivity contribution in [2.24, 2.45) is 5.92 Å². The van der Waals surface area contributed by atoms with E-state index in [1.807, 2.05) is 12.1 Å². The van der Waals surface area contributed by atoms with Gasteiger partial charge in [0.15, 0.2) is 0 Å². The van der Waals surface area contributed by atoms with Gasteiger partial charge in [-0.1, -0.05) is 0 Å². The van der Waals surface area contributed by atoms with Crippen LogP contribution in [0.15, 0.2) is 24.3 Å². The van der Waals surface area contributed by atoms with Crippen molar-refractivity contribution in [3.8, 4) is 17.9 Å². The molecule has 1 N–H and O–H groups in total. The molecule has 0 aromatic heterocycles. The topological polar surface area (TPSA) is 89.2 Å². The summed E-state index contributed by atoms with van der Waals surface area (Å²) in [6, 6.07) is 11.5. The molecule has 2 aliphatic rings. The van der Waals surface area contributed by atoms with Crippen molar-refractivity contribution in [2.75, 3.05) is 19.7 Å². The van der Waals surface area contributed by atoms with E-state index in [0.717, 1.165) is 37.9 Å². The van der Waals surface area contributed by atoms with Crippen LogP contribution < -0.4 is 10.1 Å². The van der Waals surface area contributed by atoms with Crippen LogP contribution >= 0.6 is 24.8 Å². The quantitative estimate of drug-likeness (QED) is 0.757. The van der Waals surface area contributed by atoms with Gasteiger partial charge in [-0.25, -0.2) is 0 Å². The molecule has 28 heavy (non-hydrogen) atoms. The molecule has 1 aromatic rings. The van der Waals surface area contributed by atoms with Crippen molar-refractivity contribution in [1.29, 1.82) is 10.5 Å². The lowest BCUT2D eigenvalue weighted by Gasteiger charge is -2.21. The molecule has 2 fully saturated rings. The summed E-state index contributed by atoms with van der Waals surface area (Å²) in [7, 11) is 0. The molecule has 3 rings (SSSR count). The second-order valence-electron chi connectivity index (χ2n) is 7.08. The number of nitriles is 2. The van der Waals surface area contributed by atoms with Gasteiger partial charge in [0.1, 0.15) is 11.8 Å². The van der Waals surface area contributed by atoms with E-state index in [0.29, 0.717) is 37.2 Å². The summed E-state index contributed by atoms with van der Waals surface area (Å²) in [6.45, 7) is 1.66.